The van der Waals surface area contributed by atoms with Crippen molar-refractivity contribution in [2.24, 2.45) is 0 Å². The van der Waals surface area contributed by atoms with E-state index in [0.717, 1.165) is 29.8 Å². The summed E-state index contributed by atoms with van der Waals surface area (Å²) in [5.41, 5.74) is 2.42. The minimum Gasteiger partial charge on any atom is -0.351 e. The number of hydrogen-bond acceptors (Lipinski definition) is 5. The van der Waals surface area contributed by atoms with E-state index in [9.17, 15) is 4.39 Å². The Morgan fingerprint density at radius 3 is 2.67 bits per heavy atom. The van der Waals surface area contributed by atoms with Crippen molar-refractivity contribution >= 4 is 33.4 Å². The first-order chi connectivity index (χ1) is 13.2. The Morgan fingerprint density at radius 1 is 1.07 bits per heavy atom. The second kappa shape index (κ2) is 8.00. The van der Waals surface area contributed by atoms with E-state index in [1.54, 1.807) is 18.5 Å². The third-order valence-electron chi connectivity index (χ3n) is 4.57. The molecule has 0 aliphatic heterocycles. The Hall–Kier alpha value is -2.54. The van der Waals surface area contributed by atoms with Crippen molar-refractivity contribution in [1.29, 1.82) is 0 Å². The number of halogens is 2. The minimum atomic E-state index is -0.297. The number of hydrogen-bond donors (Lipinski definition) is 2. The first-order valence-electron chi connectivity index (χ1n) is 8.95. The molecule has 2 heterocycles. The summed E-state index contributed by atoms with van der Waals surface area (Å²) in [5, 5.41) is 6.70. The average Bonchev–Trinajstić information content (AvgIpc) is 3.18. The summed E-state index contributed by atoms with van der Waals surface area (Å²) in [4.78, 5) is 13.5. The van der Waals surface area contributed by atoms with Crippen molar-refractivity contribution in [3.8, 4) is 11.3 Å². The zero-order valence-electron chi connectivity index (χ0n) is 14.6. The molecule has 7 heteroatoms. The van der Waals surface area contributed by atoms with Crippen LogP contribution in [-0.4, -0.2) is 21.0 Å². The third-order valence-corrected chi connectivity index (χ3v) is 5.22. The zero-order valence-corrected chi connectivity index (χ0v) is 16.2. The van der Waals surface area contributed by atoms with E-state index in [2.05, 4.69) is 41.5 Å². The maximum atomic E-state index is 13.4. The fourth-order valence-corrected chi connectivity index (χ4v) is 3.67. The molecule has 2 aromatic heterocycles. The van der Waals surface area contributed by atoms with Crippen molar-refractivity contribution < 1.29 is 4.39 Å². The lowest BCUT2D eigenvalue weighted by Crippen LogP contribution is -2.17. The van der Waals surface area contributed by atoms with Crippen molar-refractivity contribution in [3.63, 3.8) is 0 Å². The van der Waals surface area contributed by atoms with Crippen molar-refractivity contribution in [3.05, 3.63) is 59.1 Å². The number of nitrogens with zero attached hydrogens (tertiary/aromatic N) is 3. The molecule has 27 heavy (non-hydrogen) atoms. The van der Waals surface area contributed by atoms with Gasteiger partial charge in [-0.05, 0) is 59.1 Å². The molecule has 0 radical (unpaired) electrons. The maximum absolute atomic E-state index is 13.4. The van der Waals surface area contributed by atoms with Crippen LogP contribution in [0.4, 0.5) is 21.8 Å². The molecule has 3 aromatic rings. The first kappa shape index (κ1) is 17.9. The number of rotatable bonds is 5. The van der Waals surface area contributed by atoms with Gasteiger partial charge >= 0.3 is 0 Å². The van der Waals surface area contributed by atoms with Crippen molar-refractivity contribution in [1.82, 2.24) is 15.0 Å². The number of benzene rings is 1. The topological polar surface area (TPSA) is 62.7 Å². The van der Waals surface area contributed by atoms with Gasteiger partial charge in [0.1, 0.15) is 11.6 Å². The Bertz CT molecular complexity index is 929. The number of pyridine rings is 1. The summed E-state index contributed by atoms with van der Waals surface area (Å²) in [5.74, 6) is 0.926. The fourth-order valence-electron chi connectivity index (χ4n) is 3.22. The number of anilines is 3. The van der Waals surface area contributed by atoms with Gasteiger partial charge in [0.05, 0.1) is 11.4 Å². The lowest BCUT2D eigenvalue weighted by atomic mass is 10.2. The Morgan fingerprint density at radius 2 is 1.93 bits per heavy atom. The summed E-state index contributed by atoms with van der Waals surface area (Å²) in [7, 11) is 0. The van der Waals surface area contributed by atoms with Gasteiger partial charge in [-0.2, -0.15) is 4.98 Å². The molecule has 1 fully saturated rings. The van der Waals surface area contributed by atoms with Crippen LogP contribution in [0.1, 0.15) is 25.7 Å². The van der Waals surface area contributed by atoms with E-state index in [-0.39, 0.29) is 5.82 Å². The molecule has 0 bridgehead atoms. The summed E-state index contributed by atoms with van der Waals surface area (Å²) in [6.45, 7) is 0. The second-order valence-corrected chi connectivity index (χ2v) is 7.43. The fraction of sp³-hybridized carbons (Fsp3) is 0.250. The standard InChI is InChI=1S/C20H19BrFN5/c21-16-10-14(22)7-8-17(16)25-19-11-18(13-4-3-9-23-12-13)26-20(27-19)24-15-5-1-2-6-15/h3-4,7-12,15H,1-2,5-6H2,(H2,24,25,26,27). The SMILES string of the molecule is Fc1ccc(Nc2cc(-c3cccnc3)nc(NC3CCCC3)n2)c(Br)c1. The van der Waals surface area contributed by atoms with E-state index in [4.69, 9.17) is 0 Å². The molecule has 0 atom stereocenters. The third kappa shape index (κ3) is 4.42. The summed E-state index contributed by atoms with van der Waals surface area (Å²) in [6.07, 6.45) is 8.23. The molecule has 138 valence electrons. The van der Waals surface area contributed by atoms with Crippen LogP contribution < -0.4 is 10.6 Å². The van der Waals surface area contributed by atoms with E-state index < -0.39 is 0 Å². The van der Waals surface area contributed by atoms with Gasteiger partial charge in [0.15, 0.2) is 0 Å². The Labute approximate surface area is 165 Å². The molecule has 0 spiro atoms. The molecule has 2 N–H and O–H groups in total. The lowest BCUT2D eigenvalue weighted by molar-refractivity contribution is 0.627. The largest absolute Gasteiger partial charge is 0.351 e. The van der Waals surface area contributed by atoms with E-state index >= 15 is 0 Å². The van der Waals surface area contributed by atoms with Crippen LogP contribution in [0, 0.1) is 5.82 Å². The monoisotopic (exact) mass is 427 g/mol. The predicted octanol–water partition coefficient (Wildman–Crippen LogP) is 5.54. The van der Waals surface area contributed by atoms with E-state index in [1.165, 1.54) is 25.0 Å². The van der Waals surface area contributed by atoms with Gasteiger partial charge < -0.3 is 10.6 Å². The molecule has 5 nitrogen and oxygen atoms in total. The van der Waals surface area contributed by atoms with Crippen LogP contribution in [0.5, 0.6) is 0 Å². The summed E-state index contributed by atoms with van der Waals surface area (Å²) in [6, 6.07) is 10.6. The molecule has 0 saturated heterocycles. The highest BCUT2D eigenvalue weighted by molar-refractivity contribution is 9.10. The number of nitrogens with one attached hydrogen (secondary N) is 2. The highest BCUT2D eigenvalue weighted by atomic mass is 79.9. The van der Waals surface area contributed by atoms with E-state index in [1.807, 2.05) is 18.2 Å². The smallest absolute Gasteiger partial charge is 0.225 e. The maximum Gasteiger partial charge on any atom is 0.225 e. The van der Waals surface area contributed by atoms with Gasteiger partial charge in [-0.3, -0.25) is 4.98 Å². The lowest BCUT2D eigenvalue weighted by Gasteiger charge is -2.15. The highest BCUT2D eigenvalue weighted by Crippen LogP contribution is 2.29. The van der Waals surface area contributed by atoms with Gasteiger partial charge in [-0.25, -0.2) is 9.37 Å². The molecular weight excluding hydrogens is 409 g/mol. The molecular formula is C20H19BrFN5. The van der Waals surface area contributed by atoms with Crippen molar-refractivity contribution in [2.75, 3.05) is 10.6 Å². The molecule has 1 aromatic carbocycles. The van der Waals surface area contributed by atoms with E-state index in [0.29, 0.717) is 22.3 Å². The Kier molecular flexibility index (Phi) is 5.29. The number of aromatic nitrogens is 3. The first-order valence-corrected chi connectivity index (χ1v) is 9.75. The molecule has 1 aliphatic rings. The van der Waals surface area contributed by atoms with Crippen LogP contribution in [-0.2, 0) is 0 Å². The zero-order chi connectivity index (χ0) is 18.6. The van der Waals surface area contributed by atoms with Gasteiger partial charge in [-0.15, -0.1) is 0 Å². The van der Waals surface area contributed by atoms with Crippen LogP contribution in [0.3, 0.4) is 0 Å². The van der Waals surface area contributed by atoms with Crippen LogP contribution in [0.2, 0.25) is 0 Å². The molecule has 0 unspecified atom stereocenters. The van der Waals surface area contributed by atoms with Gasteiger partial charge in [0, 0.05) is 34.5 Å². The molecule has 4 rings (SSSR count). The molecule has 0 amide bonds. The minimum absolute atomic E-state index is 0.297. The normalized spacial score (nSPS) is 14.3. The Balaban J connectivity index is 1.68. The van der Waals surface area contributed by atoms with Crippen LogP contribution in [0.15, 0.2) is 53.3 Å². The summed E-state index contributed by atoms with van der Waals surface area (Å²) < 4.78 is 14.0. The van der Waals surface area contributed by atoms with Crippen LogP contribution in [0.25, 0.3) is 11.3 Å². The highest BCUT2D eigenvalue weighted by Gasteiger charge is 2.17. The second-order valence-electron chi connectivity index (χ2n) is 6.58. The molecule has 1 aliphatic carbocycles. The van der Waals surface area contributed by atoms with Crippen molar-refractivity contribution in [2.45, 2.75) is 31.7 Å². The average molecular weight is 428 g/mol. The van der Waals surface area contributed by atoms with Gasteiger partial charge in [0.25, 0.3) is 0 Å². The van der Waals surface area contributed by atoms with Crippen LogP contribution >= 0.6 is 15.9 Å². The molecule has 1 saturated carbocycles. The predicted molar refractivity (Wildman–Crippen MR) is 109 cm³/mol. The van der Waals surface area contributed by atoms with Gasteiger partial charge in [0.2, 0.25) is 5.95 Å². The quantitative estimate of drug-likeness (QED) is 0.559. The van der Waals surface area contributed by atoms with Gasteiger partial charge in [-0.1, -0.05) is 12.8 Å². The summed E-state index contributed by atoms with van der Waals surface area (Å²) >= 11 is 3.39.